The number of aryl methyl sites for hydroxylation is 1. The molecule has 2 aromatic rings. The van der Waals surface area contributed by atoms with Gasteiger partial charge in [-0.2, -0.15) is 5.10 Å². The molecule has 1 aliphatic rings. The van der Waals surface area contributed by atoms with E-state index >= 15 is 0 Å². The van der Waals surface area contributed by atoms with E-state index in [0.717, 1.165) is 21.9 Å². The van der Waals surface area contributed by atoms with Gasteiger partial charge in [0.25, 0.3) is 0 Å². The van der Waals surface area contributed by atoms with Crippen LogP contribution < -0.4 is 0 Å². The molecule has 0 atom stereocenters. The number of rotatable bonds is 2. The van der Waals surface area contributed by atoms with Gasteiger partial charge in [-0.1, -0.05) is 19.3 Å². The molecular weight excluding hydrogens is 246 g/mol. The Labute approximate surface area is 111 Å². The van der Waals surface area contributed by atoms with Crippen molar-refractivity contribution in [3.05, 3.63) is 22.9 Å². The molecule has 0 aliphatic heterocycles. The summed E-state index contributed by atoms with van der Waals surface area (Å²) >= 11 is 5.39. The van der Waals surface area contributed by atoms with E-state index in [1.807, 2.05) is 13.0 Å². The van der Waals surface area contributed by atoms with Gasteiger partial charge in [0, 0.05) is 6.04 Å². The van der Waals surface area contributed by atoms with Crippen LogP contribution in [0.25, 0.3) is 11.4 Å². The minimum Gasteiger partial charge on any atom is -0.469 e. The van der Waals surface area contributed by atoms with Gasteiger partial charge in [-0.05, 0) is 38.0 Å². The Morgan fingerprint density at radius 3 is 2.83 bits per heavy atom. The topological polar surface area (TPSA) is 46.8 Å². The van der Waals surface area contributed by atoms with Crippen molar-refractivity contribution < 1.29 is 4.42 Å². The Hall–Kier alpha value is -1.36. The van der Waals surface area contributed by atoms with Crippen molar-refractivity contribution in [3.63, 3.8) is 0 Å². The zero-order chi connectivity index (χ0) is 12.5. The Balaban J connectivity index is 2.06. The molecular formula is C13H17N3OS. The molecule has 0 aromatic carbocycles. The fraction of sp³-hybridized carbons (Fsp3) is 0.538. The largest absolute Gasteiger partial charge is 0.469 e. The number of H-pyrrole nitrogens is 1. The van der Waals surface area contributed by atoms with Crippen molar-refractivity contribution in [2.24, 2.45) is 0 Å². The minimum absolute atomic E-state index is 0.481. The molecule has 0 unspecified atom stereocenters. The number of nitrogens with one attached hydrogen (secondary N) is 1. The molecule has 1 fully saturated rings. The molecule has 96 valence electrons. The predicted octanol–water partition coefficient (Wildman–Crippen LogP) is 4.01. The van der Waals surface area contributed by atoms with Gasteiger partial charge in [0.15, 0.2) is 10.6 Å². The molecule has 1 N–H and O–H groups in total. The zero-order valence-electron chi connectivity index (χ0n) is 10.5. The van der Waals surface area contributed by atoms with Crippen LogP contribution in [0.3, 0.4) is 0 Å². The summed E-state index contributed by atoms with van der Waals surface area (Å²) in [6, 6.07) is 2.44. The molecule has 0 amide bonds. The fourth-order valence-electron chi connectivity index (χ4n) is 2.79. The third kappa shape index (κ3) is 1.92. The molecule has 2 heterocycles. The fourth-order valence-corrected chi connectivity index (χ4v) is 3.07. The summed E-state index contributed by atoms with van der Waals surface area (Å²) < 4.78 is 8.26. The average Bonchev–Trinajstić information content (AvgIpc) is 2.96. The van der Waals surface area contributed by atoms with Gasteiger partial charge in [-0.15, -0.1) is 0 Å². The smallest absolute Gasteiger partial charge is 0.195 e. The maximum Gasteiger partial charge on any atom is 0.195 e. The number of aromatic amines is 1. The van der Waals surface area contributed by atoms with Gasteiger partial charge in [0.05, 0.1) is 11.8 Å². The van der Waals surface area contributed by atoms with Crippen molar-refractivity contribution >= 4 is 12.2 Å². The van der Waals surface area contributed by atoms with Crippen LogP contribution in [0.2, 0.25) is 0 Å². The van der Waals surface area contributed by atoms with Gasteiger partial charge in [0.2, 0.25) is 0 Å². The van der Waals surface area contributed by atoms with E-state index < -0.39 is 0 Å². The second-order valence-electron chi connectivity index (χ2n) is 4.90. The van der Waals surface area contributed by atoms with Crippen molar-refractivity contribution in [1.82, 2.24) is 14.8 Å². The third-order valence-electron chi connectivity index (χ3n) is 3.74. The Morgan fingerprint density at radius 2 is 2.17 bits per heavy atom. The lowest BCUT2D eigenvalue weighted by Crippen LogP contribution is -2.14. The van der Waals surface area contributed by atoms with Crippen LogP contribution in [-0.4, -0.2) is 14.8 Å². The summed E-state index contributed by atoms with van der Waals surface area (Å²) in [4.78, 5) is 0. The Kier molecular flexibility index (Phi) is 3.07. The van der Waals surface area contributed by atoms with Crippen molar-refractivity contribution in [3.8, 4) is 11.4 Å². The van der Waals surface area contributed by atoms with E-state index in [2.05, 4.69) is 14.8 Å². The lowest BCUT2D eigenvalue weighted by Gasteiger charge is -2.23. The monoisotopic (exact) mass is 263 g/mol. The quantitative estimate of drug-likeness (QED) is 0.833. The normalized spacial score (nSPS) is 17.2. The van der Waals surface area contributed by atoms with Crippen molar-refractivity contribution in [1.29, 1.82) is 0 Å². The highest BCUT2D eigenvalue weighted by Crippen LogP contribution is 2.32. The lowest BCUT2D eigenvalue weighted by molar-refractivity contribution is 0.352. The number of hydrogen-bond donors (Lipinski definition) is 1. The van der Waals surface area contributed by atoms with Gasteiger partial charge >= 0.3 is 0 Å². The summed E-state index contributed by atoms with van der Waals surface area (Å²) in [5, 5.41) is 7.30. The van der Waals surface area contributed by atoms with Gasteiger partial charge in [0.1, 0.15) is 5.76 Å². The predicted molar refractivity (Wildman–Crippen MR) is 72.0 cm³/mol. The number of furan rings is 1. The molecule has 2 aromatic heterocycles. The van der Waals surface area contributed by atoms with Crippen LogP contribution in [-0.2, 0) is 0 Å². The second-order valence-corrected chi connectivity index (χ2v) is 5.29. The highest BCUT2D eigenvalue weighted by molar-refractivity contribution is 7.71. The van der Waals surface area contributed by atoms with E-state index in [-0.39, 0.29) is 0 Å². The lowest BCUT2D eigenvalue weighted by atomic mass is 9.95. The maximum absolute atomic E-state index is 5.39. The zero-order valence-corrected chi connectivity index (χ0v) is 11.3. The van der Waals surface area contributed by atoms with Crippen molar-refractivity contribution in [2.75, 3.05) is 0 Å². The first kappa shape index (κ1) is 11.7. The van der Waals surface area contributed by atoms with E-state index in [1.54, 1.807) is 6.26 Å². The van der Waals surface area contributed by atoms with E-state index in [1.165, 1.54) is 32.1 Å². The summed E-state index contributed by atoms with van der Waals surface area (Å²) in [5.74, 6) is 1.80. The standard InChI is InChI=1S/C13H17N3OS/c1-9-11(7-8-17-9)12-14-15-13(18)16(12)10-5-3-2-4-6-10/h7-8,10H,2-6H2,1H3,(H,15,18). The highest BCUT2D eigenvalue weighted by Gasteiger charge is 2.21. The molecule has 0 spiro atoms. The van der Waals surface area contributed by atoms with E-state index in [9.17, 15) is 0 Å². The molecule has 3 rings (SSSR count). The summed E-state index contributed by atoms with van der Waals surface area (Å²) in [6.07, 6.45) is 7.98. The van der Waals surface area contributed by atoms with E-state index in [0.29, 0.717) is 6.04 Å². The van der Waals surface area contributed by atoms with Crippen LogP contribution >= 0.6 is 12.2 Å². The van der Waals surface area contributed by atoms with Crippen LogP contribution in [0.15, 0.2) is 16.7 Å². The minimum atomic E-state index is 0.481. The molecule has 1 aliphatic carbocycles. The Bertz CT molecular complexity index is 589. The first-order valence-corrected chi connectivity index (χ1v) is 6.89. The van der Waals surface area contributed by atoms with Crippen LogP contribution in [0.4, 0.5) is 0 Å². The maximum atomic E-state index is 5.39. The third-order valence-corrected chi connectivity index (χ3v) is 4.03. The molecule has 1 saturated carbocycles. The number of hydrogen-bond acceptors (Lipinski definition) is 3. The molecule has 0 radical (unpaired) electrons. The summed E-state index contributed by atoms with van der Waals surface area (Å²) in [7, 11) is 0. The SMILES string of the molecule is Cc1occc1-c1n[nH]c(=S)n1C1CCCCC1. The van der Waals surface area contributed by atoms with Gasteiger partial charge in [-0.3, -0.25) is 9.67 Å². The molecule has 0 bridgehead atoms. The second kappa shape index (κ2) is 4.72. The summed E-state index contributed by atoms with van der Waals surface area (Å²) in [6.45, 7) is 1.96. The van der Waals surface area contributed by atoms with Crippen LogP contribution in [0.5, 0.6) is 0 Å². The molecule has 5 heteroatoms. The Morgan fingerprint density at radius 1 is 1.39 bits per heavy atom. The number of aromatic nitrogens is 3. The van der Waals surface area contributed by atoms with Gasteiger partial charge < -0.3 is 4.42 Å². The van der Waals surface area contributed by atoms with Gasteiger partial charge in [-0.25, -0.2) is 0 Å². The average molecular weight is 263 g/mol. The summed E-state index contributed by atoms with van der Waals surface area (Å²) in [5.41, 5.74) is 1.04. The molecule has 0 saturated heterocycles. The first-order valence-electron chi connectivity index (χ1n) is 6.49. The highest BCUT2D eigenvalue weighted by atomic mass is 32.1. The van der Waals surface area contributed by atoms with Crippen molar-refractivity contribution in [2.45, 2.75) is 45.1 Å². The first-order chi connectivity index (χ1) is 8.77. The van der Waals surface area contributed by atoms with E-state index in [4.69, 9.17) is 16.6 Å². The van der Waals surface area contributed by atoms with Crippen LogP contribution in [0.1, 0.15) is 43.9 Å². The molecule has 4 nitrogen and oxygen atoms in total. The van der Waals surface area contributed by atoms with Crippen LogP contribution in [0, 0.1) is 11.7 Å². The number of nitrogens with zero attached hydrogens (tertiary/aromatic N) is 2. The molecule has 18 heavy (non-hydrogen) atoms.